The molecule has 1 aromatic heterocycles. The van der Waals surface area contributed by atoms with Crippen molar-refractivity contribution in [2.24, 2.45) is 0 Å². The molecule has 3 rings (SSSR count). The van der Waals surface area contributed by atoms with Crippen LogP contribution < -0.4 is 5.32 Å². The smallest absolute Gasteiger partial charge is 0.330 e. The van der Waals surface area contributed by atoms with E-state index in [9.17, 15) is 9.59 Å². The number of carbonyl (C=O) groups excluding carboxylic acids is 2. The van der Waals surface area contributed by atoms with Crippen LogP contribution in [0.4, 0.5) is 5.69 Å². The van der Waals surface area contributed by atoms with Gasteiger partial charge in [-0.25, -0.2) is 4.79 Å². The second kappa shape index (κ2) is 8.61. The van der Waals surface area contributed by atoms with Gasteiger partial charge in [0.15, 0.2) is 13.2 Å². The molecule has 10 heteroatoms. The number of carbonyl (C=O) groups is 2. The zero-order valence-corrected chi connectivity index (χ0v) is 15.3. The number of esters is 1. The van der Waals surface area contributed by atoms with Crippen LogP contribution in [0.1, 0.15) is 0 Å². The Kier molecular flexibility index (Phi) is 6.00. The molecule has 8 nitrogen and oxygen atoms in total. The van der Waals surface area contributed by atoms with Crippen molar-refractivity contribution in [3.05, 3.63) is 58.6 Å². The lowest BCUT2D eigenvalue weighted by molar-refractivity contribution is -0.148. The summed E-state index contributed by atoms with van der Waals surface area (Å²) in [6.45, 7) is -0.699. The van der Waals surface area contributed by atoms with Gasteiger partial charge in [-0.3, -0.25) is 4.79 Å². The summed E-state index contributed by atoms with van der Waals surface area (Å²) >= 11 is 11.6. The van der Waals surface area contributed by atoms with Gasteiger partial charge in [0.1, 0.15) is 0 Å². The number of aromatic nitrogens is 4. The first-order valence-electron chi connectivity index (χ1n) is 7.74. The minimum atomic E-state index is -0.665. The average Bonchev–Trinajstić information content (AvgIpc) is 3.11. The molecule has 0 bridgehead atoms. The van der Waals surface area contributed by atoms with E-state index in [1.165, 1.54) is 0 Å². The summed E-state index contributed by atoms with van der Waals surface area (Å²) in [5, 5.41) is 15.5. The highest BCUT2D eigenvalue weighted by Gasteiger charge is 2.12. The molecule has 1 amide bonds. The first-order chi connectivity index (χ1) is 13.0. The monoisotopic (exact) mass is 405 g/mol. The summed E-state index contributed by atoms with van der Waals surface area (Å²) in [7, 11) is 0. The predicted molar refractivity (Wildman–Crippen MR) is 99.3 cm³/mol. The Bertz CT molecular complexity index is 942. The molecule has 1 heterocycles. The number of tetrazole rings is 1. The largest absolute Gasteiger partial charge is 0.454 e. The van der Waals surface area contributed by atoms with Gasteiger partial charge < -0.3 is 10.1 Å². The van der Waals surface area contributed by atoms with Gasteiger partial charge in [0, 0.05) is 21.3 Å². The summed E-state index contributed by atoms with van der Waals surface area (Å²) in [5.74, 6) is -0.791. The summed E-state index contributed by atoms with van der Waals surface area (Å²) in [4.78, 5) is 24.7. The van der Waals surface area contributed by atoms with Crippen molar-refractivity contribution in [1.82, 2.24) is 20.2 Å². The fraction of sp³-hybridized carbons (Fsp3) is 0.118. The SMILES string of the molecule is O=C(COC(=O)Cn1nnc(-c2ccc(Cl)cc2)n1)Nc1ccc(Cl)cc1. The third-order valence-corrected chi connectivity index (χ3v) is 3.82. The number of ether oxygens (including phenoxy) is 1. The maximum absolute atomic E-state index is 11.8. The summed E-state index contributed by atoms with van der Waals surface area (Å²) in [6, 6.07) is 13.4. The van der Waals surface area contributed by atoms with Crippen molar-refractivity contribution < 1.29 is 14.3 Å². The van der Waals surface area contributed by atoms with Gasteiger partial charge >= 0.3 is 5.97 Å². The minimum Gasteiger partial charge on any atom is -0.454 e. The number of benzene rings is 2. The lowest BCUT2D eigenvalue weighted by Crippen LogP contribution is -2.23. The molecule has 0 spiro atoms. The van der Waals surface area contributed by atoms with Gasteiger partial charge in [0.05, 0.1) is 0 Å². The molecule has 0 aliphatic heterocycles. The molecule has 27 heavy (non-hydrogen) atoms. The van der Waals surface area contributed by atoms with Crippen LogP contribution in [0.2, 0.25) is 10.0 Å². The highest BCUT2D eigenvalue weighted by molar-refractivity contribution is 6.30. The van der Waals surface area contributed by atoms with Crippen LogP contribution >= 0.6 is 23.2 Å². The number of rotatable bonds is 6. The number of nitrogens with zero attached hydrogens (tertiary/aromatic N) is 4. The lowest BCUT2D eigenvalue weighted by atomic mass is 10.2. The lowest BCUT2D eigenvalue weighted by Gasteiger charge is -2.06. The fourth-order valence-corrected chi connectivity index (χ4v) is 2.31. The Balaban J connectivity index is 1.48. The van der Waals surface area contributed by atoms with Gasteiger partial charge in [0.2, 0.25) is 5.82 Å². The molecule has 0 saturated heterocycles. The molecule has 0 unspecified atom stereocenters. The van der Waals surface area contributed by atoms with Gasteiger partial charge in [-0.2, -0.15) is 4.80 Å². The molecule has 0 radical (unpaired) electrons. The molecule has 138 valence electrons. The van der Waals surface area contributed by atoms with Crippen LogP contribution in [0.15, 0.2) is 48.5 Å². The van der Waals surface area contributed by atoms with Crippen LogP contribution in [0.3, 0.4) is 0 Å². The summed E-state index contributed by atoms with van der Waals surface area (Å²) < 4.78 is 4.91. The number of nitrogens with one attached hydrogen (secondary N) is 1. The maximum atomic E-state index is 11.8. The number of amides is 1. The van der Waals surface area contributed by atoms with Crippen LogP contribution in [0.5, 0.6) is 0 Å². The number of hydrogen-bond acceptors (Lipinski definition) is 6. The van der Waals surface area contributed by atoms with Gasteiger partial charge in [-0.05, 0) is 53.7 Å². The third-order valence-electron chi connectivity index (χ3n) is 3.32. The second-order valence-corrected chi connectivity index (χ2v) is 6.24. The van der Waals surface area contributed by atoms with E-state index in [2.05, 4.69) is 20.7 Å². The first kappa shape index (κ1) is 18.8. The van der Waals surface area contributed by atoms with E-state index < -0.39 is 18.5 Å². The van der Waals surface area contributed by atoms with Crippen LogP contribution in [-0.4, -0.2) is 38.7 Å². The average molecular weight is 406 g/mol. The Labute approximate surface area is 164 Å². The zero-order valence-electron chi connectivity index (χ0n) is 13.8. The highest BCUT2D eigenvalue weighted by atomic mass is 35.5. The third kappa shape index (κ3) is 5.50. The van der Waals surface area contributed by atoms with Crippen molar-refractivity contribution >= 4 is 40.8 Å². The van der Waals surface area contributed by atoms with E-state index in [0.717, 1.165) is 4.80 Å². The predicted octanol–water partition coefficient (Wildman–Crippen LogP) is 2.83. The molecule has 3 aromatic rings. The van der Waals surface area contributed by atoms with Gasteiger partial charge in [0.25, 0.3) is 5.91 Å². The van der Waals surface area contributed by atoms with E-state index in [0.29, 0.717) is 27.1 Å². The number of anilines is 1. The van der Waals surface area contributed by atoms with E-state index in [1.807, 2.05) is 0 Å². The molecular weight excluding hydrogens is 393 g/mol. The van der Waals surface area contributed by atoms with Crippen LogP contribution in [0, 0.1) is 0 Å². The Morgan fingerprint density at radius 3 is 2.30 bits per heavy atom. The number of halogens is 2. The Morgan fingerprint density at radius 1 is 1.00 bits per heavy atom. The number of hydrogen-bond donors (Lipinski definition) is 1. The molecule has 2 aromatic carbocycles. The summed E-state index contributed by atoms with van der Waals surface area (Å²) in [6.07, 6.45) is 0. The second-order valence-electron chi connectivity index (χ2n) is 5.37. The molecule has 0 fully saturated rings. The standard InChI is InChI=1S/C17H13Cl2N5O3/c18-12-3-1-11(2-4-12)17-21-23-24(22-17)9-16(26)27-10-15(25)20-14-7-5-13(19)6-8-14/h1-8H,9-10H2,(H,20,25). The fourth-order valence-electron chi connectivity index (χ4n) is 2.06. The first-order valence-corrected chi connectivity index (χ1v) is 8.50. The molecule has 0 saturated carbocycles. The van der Waals surface area contributed by atoms with Crippen molar-refractivity contribution in [3.8, 4) is 11.4 Å². The van der Waals surface area contributed by atoms with Crippen molar-refractivity contribution in [1.29, 1.82) is 0 Å². The Morgan fingerprint density at radius 2 is 1.63 bits per heavy atom. The highest BCUT2D eigenvalue weighted by Crippen LogP contribution is 2.17. The van der Waals surface area contributed by atoms with Gasteiger partial charge in [-0.15, -0.1) is 10.2 Å². The van der Waals surface area contributed by atoms with E-state index in [4.69, 9.17) is 27.9 Å². The van der Waals surface area contributed by atoms with Crippen LogP contribution in [0.25, 0.3) is 11.4 Å². The van der Waals surface area contributed by atoms with E-state index >= 15 is 0 Å². The topological polar surface area (TPSA) is 99.0 Å². The quantitative estimate of drug-likeness (QED) is 0.632. The molecule has 1 N–H and O–H groups in total. The van der Waals surface area contributed by atoms with Crippen LogP contribution in [-0.2, 0) is 20.9 Å². The van der Waals surface area contributed by atoms with E-state index in [1.54, 1.807) is 48.5 Å². The van der Waals surface area contributed by atoms with E-state index in [-0.39, 0.29) is 6.54 Å². The van der Waals surface area contributed by atoms with Crippen molar-refractivity contribution in [2.45, 2.75) is 6.54 Å². The van der Waals surface area contributed by atoms with Gasteiger partial charge in [-0.1, -0.05) is 23.2 Å². The van der Waals surface area contributed by atoms with Crippen molar-refractivity contribution in [3.63, 3.8) is 0 Å². The molecule has 0 aliphatic carbocycles. The molecule has 0 atom stereocenters. The summed E-state index contributed by atoms with van der Waals surface area (Å²) in [5.41, 5.74) is 1.26. The Hall–Kier alpha value is -2.97. The zero-order chi connectivity index (χ0) is 19.2. The molecule has 0 aliphatic rings. The normalized spacial score (nSPS) is 10.4. The molecular formula is C17H13Cl2N5O3. The minimum absolute atomic E-state index is 0.269. The van der Waals surface area contributed by atoms with Crippen molar-refractivity contribution in [2.75, 3.05) is 11.9 Å². The maximum Gasteiger partial charge on any atom is 0.330 e.